The number of hydrogen-bond acceptors (Lipinski definition) is 2. The van der Waals surface area contributed by atoms with Crippen molar-refractivity contribution in [2.45, 2.75) is 183 Å². The third kappa shape index (κ3) is 11.9. The van der Waals surface area contributed by atoms with Gasteiger partial charge in [0, 0.05) is 12.0 Å². The van der Waals surface area contributed by atoms with E-state index >= 15 is 0 Å². The van der Waals surface area contributed by atoms with Gasteiger partial charge in [-0.3, -0.25) is 0 Å². The quantitative estimate of drug-likeness (QED) is 0.0979. The summed E-state index contributed by atoms with van der Waals surface area (Å²) in [5.41, 5.74) is 20.9. The molecule has 5 heteroatoms. The van der Waals surface area contributed by atoms with Crippen LogP contribution in [-0.4, -0.2) is 9.97 Å². The molecule has 0 amide bonds. The normalized spacial score (nSPS) is 13.2. The van der Waals surface area contributed by atoms with Gasteiger partial charge in [-0.05, 0) is 130 Å². The molecule has 0 saturated carbocycles. The fraction of sp³-hybridized carbons (Fsp3) is 0.412. The van der Waals surface area contributed by atoms with Crippen LogP contribution in [0.4, 0.5) is 0 Å². The Bertz CT molecular complexity index is 3110. The average molecular weight is 1020 g/mol. The van der Waals surface area contributed by atoms with Crippen LogP contribution in [-0.2, 0) is 52.0 Å². The molecule has 0 spiro atoms. The van der Waals surface area contributed by atoms with Crippen molar-refractivity contribution in [3.63, 3.8) is 0 Å². The van der Waals surface area contributed by atoms with Gasteiger partial charge in [0.2, 0.25) is 0 Å². The maximum Gasteiger partial charge on any atom is 2.00 e. The van der Waals surface area contributed by atoms with Gasteiger partial charge in [0.1, 0.15) is 0 Å². The van der Waals surface area contributed by atoms with Gasteiger partial charge in [-0.25, -0.2) is 9.97 Å². The Hall–Kier alpha value is -5.56. The zero-order valence-electron chi connectivity index (χ0n) is 47.9. The Morgan fingerprint density at radius 2 is 0.658 bits per heavy atom. The maximum atomic E-state index is 5.74. The van der Waals surface area contributed by atoms with Gasteiger partial charge in [0.25, 0.3) is 0 Å². The van der Waals surface area contributed by atoms with Gasteiger partial charge < -0.3 is 9.97 Å². The number of nitrogens with zero attached hydrogens (tertiary/aromatic N) is 4. The number of benzene rings is 3. The number of fused-ring (bicyclic) bond motifs is 8. The molecule has 73 heavy (non-hydrogen) atoms. The molecule has 2 aliphatic heterocycles. The summed E-state index contributed by atoms with van der Waals surface area (Å²) in [5.74, 6) is 7.15. The predicted octanol–water partition coefficient (Wildman–Crippen LogP) is 18.2. The van der Waals surface area contributed by atoms with Crippen molar-refractivity contribution in [1.82, 2.24) is 19.9 Å². The first-order valence-corrected chi connectivity index (χ1v) is 26.4. The molecule has 3 aromatic carbocycles. The number of rotatable bonds is 5. The molecule has 3 aromatic heterocycles. The second-order valence-electron chi connectivity index (χ2n) is 26.7. The first-order valence-electron chi connectivity index (χ1n) is 26.4. The van der Waals surface area contributed by atoms with Gasteiger partial charge in [-0.15, -0.1) is 22.1 Å². The van der Waals surface area contributed by atoms with E-state index < -0.39 is 0 Å². The summed E-state index contributed by atoms with van der Waals surface area (Å²) in [5, 5.41) is 0. The molecule has 2 aliphatic rings. The van der Waals surface area contributed by atoms with Crippen LogP contribution in [0.2, 0.25) is 0 Å². The topological polar surface area (TPSA) is 54.0 Å². The molecule has 8 bridgehead atoms. The molecular formula is C68H80N4Zn. The van der Waals surface area contributed by atoms with Crippen molar-refractivity contribution in [2.24, 2.45) is 0 Å². The molecule has 8 rings (SSSR count). The molecule has 374 valence electrons. The first-order chi connectivity index (χ1) is 33.4. The average Bonchev–Trinajstić information content (AvgIpc) is 4.12. The molecule has 0 fully saturated rings. The minimum Gasteiger partial charge on any atom is -0.656 e. The van der Waals surface area contributed by atoms with Crippen molar-refractivity contribution in [1.29, 1.82) is 0 Å². The van der Waals surface area contributed by atoms with Crippen LogP contribution in [0.1, 0.15) is 213 Å². The fourth-order valence-electron chi connectivity index (χ4n) is 9.43. The van der Waals surface area contributed by atoms with Crippen LogP contribution in [0.3, 0.4) is 0 Å². The minimum absolute atomic E-state index is 0. The summed E-state index contributed by atoms with van der Waals surface area (Å²) < 4.78 is 0. The molecule has 5 heterocycles. The van der Waals surface area contributed by atoms with Crippen molar-refractivity contribution in [3.05, 3.63) is 141 Å². The molecule has 4 nitrogen and oxygen atoms in total. The van der Waals surface area contributed by atoms with Crippen LogP contribution in [0.5, 0.6) is 0 Å². The maximum absolute atomic E-state index is 5.74. The van der Waals surface area contributed by atoms with Crippen LogP contribution < -0.4 is 9.97 Å². The Morgan fingerprint density at radius 1 is 0.384 bits per heavy atom. The van der Waals surface area contributed by atoms with E-state index in [1.807, 2.05) is 0 Å². The largest absolute Gasteiger partial charge is 2.00 e. The van der Waals surface area contributed by atoms with Crippen molar-refractivity contribution in [3.8, 4) is 45.2 Å². The number of aromatic nitrogens is 4. The summed E-state index contributed by atoms with van der Waals surface area (Å²) in [6.45, 7) is 43.6. The zero-order valence-corrected chi connectivity index (χ0v) is 50.9. The molecule has 0 N–H and O–H groups in total. The minimum atomic E-state index is -0.101. The Kier molecular flexibility index (Phi) is 15.1. The SMILES string of the molecule is CCCCC#Cc1c2ccc([n-]2)c(-c2cc(C(C)(C)C)cc(C(C)(C)C)c2)c2nc(c(-c3cc(C(C)(C)C)cc(C(C)(C)C)c3)c3nc(c(-c4cc(C(C)(C)C)cc(C(C)(C)C)c4)c4ccc1[n-]4)C=C3)C=C2.[Zn+2]. The summed E-state index contributed by atoms with van der Waals surface area (Å²) in [6, 6.07) is 30.0. The number of unbranched alkanes of at least 4 members (excludes halogenated alkanes) is 2. The van der Waals surface area contributed by atoms with Gasteiger partial charge in [-0.2, -0.15) is 0 Å². The van der Waals surface area contributed by atoms with E-state index in [0.717, 1.165) is 103 Å². The summed E-state index contributed by atoms with van der Waals surface area (Å²) in [6.07, 6.45) is 11.7. The molecule has 0 radical (unpaired) electrons. The summed E-state index contributed by atoms with van der Waals surface area (Å²) in [4.78, 5) is 22.6. The summed E-state index contributed by atoms with van der Waals surface area (Å²) in [7, 11) is 0. The first kappa shape index (κ1) is 55.2. The summed E-state index contributed by atoms with van der Waals surface area (Å²) >= 11 is 0. The van der Waals surface area contributed by atoms with Gasteiger partial charge in [0.15, 0.2) is 0 Å². The Morgan fingerprint density at radius 3 is 0.945 bits per heavy atom. The molecule has 0 saturated heterocycles. The molecule has 0 aliphatic carbocycles. The standard InChI is InChI=1S/C68H80N4.Zn/c1-20-21-22-23-24-51-52-25-27-54(69-52)60(42-33-45(63(2,3)4)39-46(34-42)64(5,6)7)56-29-31-58(71-56)62(44-37-49(67(14,15)16)41-50(38-44)68(17,18)19)59-32-30-57(72-59)61(55-28-26-53(51)70-55)43-35-47(65(8,9)10)40-48(36-43)66(11,12)13;/h25-41H,20-22H2,1-19H3;/q-2;+2. The molecule has 0 unspecified atom stereocenters. The van der Waals surface area contributed by atoms with Gasteiger partial charge >= 0.3 is 19.5 Å². The monoisotopic (exact) mass is 1020 g/mol. The third-order valence-corrected chi connectivity index (χ3v) is 14.3. The molecule has 0 atom stereocenters. The number of hydrogen-bond donors (Lipinski definition) is 0. The predicted molar refractivity (Wildman–Crippen MR) is 312 cm³/mol. The van der Waals surface area contributed by atoms with E-state index in [9.17, 15) is 0 Å². The van der Waals surface area contributed by atoms with E-state index in [2.05, 4.69) is 247 Å². The molecular weight excluding hydrogens is 938 g/mol. The van der Waals surface area contributed by atoms with E-state index in [1.54, 1.807) is 0 Å². The van der Waals surface area contributed by atoms with Crippen molar-refractivity contribution < 1.29 is 19.5 Å². The third-order valence-electron chi connectivity index (χ3n) is 14.3. The van der Waals surface area contributed by atoms with Crippen LogP contribution in [0, 0.1) is 11.8 Å². The van der Waals surface area contributed by atoms with Crippen LogP contribution in [0.15, 0.2) is 78.9 Å². The smallest absolute Gasteiger partial charge is 0.656 e. The van der Waals surface area contributed by atoms with Gasteiger partial charge in [-0.1, -0.05) is 229 Å². The fourth-order valence-corrected chi connectivity index (χ4v) is 9.43. The second kappa shape index (κ2) is 19.9. The Labute approximate surface area is 452 Å². The van der Waals surface area contributed by atoms with E-state index in [0.29, 0.717) is 0 Å². The van der Waals surface area contributed by atoms with Crippen LogP contribution in [0.25, 0.3) is 79.8 Å². The van der Waals surface area contributed by atoms with Crippen LogP contribution >= 0.6 is 0 Å². The zero-order chi connectivity index (χ0) is 52.5. The molecule has 6 aromatic rings. The van der Waals surface area contributed by atoms with E-state index in [-0.39, 0.29) is 52.0 Å². The second-order valence-corrected chi connectivity index (χ2v) is 26.7. The Balaban J connectivity index is 0.00000780. The van der Waals surface area contributed by atoms with E-state index in [4.69, 9.17) is 19.9 Å². The van der Waals surface area contributed by atoms with Gasteiger partial charge in [0.05, 0.1) is 22.8 Å². The van der Waals surface area contributed by atoms with E-state index in [1.165, 1.54) is 33.4 Å². The van der Waals surface area contributed by atoms with Crippen molar-refractivity contribution >= 4 is 46.4 Å². The van der Waals surface area contributed by atoms with Crippen molar-refractivity contribution in [2.75, 3.05) is 0 Å².